The van der Waals surface area contributed by atoms with Crippen LogP contribution < -0.4 is 27.4 Å². The van der Waals surface area contributed by atoms with Gasteiger partial charge < -0.3 is 37.6 Å². The second kappa shape index (κ2) is 13.9. The van der Waals surface area contributed by atoms with E-state index in [9.17, 15) is 24.3 Å². The Morgan fingerprint density at radius 1 is 0.933 bits per heavy atom. The fourth-order valence-corrected chi connectivity index (χ4v) is 2.57. The molecule has 0 bridgehead atoms. The van der Waals surface area contributed by atoms with Gasteiger partial charge in [-0.2, -0.15) is 0 Å². The molecule has 0 aromatic heterocycles. The minimum absolute atomic E-state index is 0.259. The lowest BCUT2D eigenvalue weighted by Gasteiger charge is -2.28. The van der Waals surface area contributed by atoms with Crippen molar-refractivity contribution in [1.29, 1.82) is 0 Å². The first kappa shape index (κ1) is 27.8. The first-order chi connectivity index (χ1) is 14.0. The Labute approximate surface area is 177 Å². The minimum atomic E-state index is -1.20. The Morgan fingerprint density at radius 2 is 1.53 bits per heavy atom. The lowest BCUT2D eigenvalue weighted by molar-refractivity contribution is -0.142. The molecule has 0 aliphatic rings. The largest absolute Gasteiger partial charge is 0.480 e. The van der Waals surface area contributed by atoms with Gasteiger partial charge in [-0.1, -0.05) is 20.3 Å². The molecule has 6 atom stereocenters. The van der Waals surface area contributed by atoms with Gasteiger partial charge in [-0.25, -0.2) is 0 Å². The number of nitrogens with two attached hydrogens (primary N) is 2. The zero-order valence-electron chi connectivity index (χ0n) is 18.2. The van der Waals surface area contributed by atoms with Gasteiger partial charge in [-0.3, -0.25) is 19.2 Å². The lowest BCUT2D eigenvalue weighted by atomic mass is 9.96. The van der Waals surface area contributed by atoms with Crippen molar-refractivity contribution in [3.8, 4) is 0 Å². The van der Waals surface area contributed by atoms with Crippen LogP contribution in [0.4, 0.5) is 0 Å². The van der Waals surface area contributed by atoms with E-state index < -0.39 is 54.0 Å². The Bertz CT molecular complexity index is 586. The monoisotopic (exact) mass is 431 g/mol. The van der Waals surface area contributed by atoms with Crippen LogP contribution in [0.2, 0.25) is 0 Å². The number of carbonyl (C=O) groups is 4. The van der Waals surface area contributed by atoms with Gasteiger partial charge in [0.15, 0.2) is 0 Å². The Hall–Kier alpha value is -2.24. The predicted octanol–water partition coefficient (Wildman–Crippen LogP) is -1.57. The van der Waals surface area contributed by atoms with Crippen LogP contribution in [0.25, 0.3) is 0 Å². The smallest absolute Gasteiger partial charge is 0.325 e. The van der Waals surface area contributed by atoms with Crippen molar-refractivity contribution in [2.75, 3.05) is 6.54 Å². The number of carbonyl (C=O) groups excluding carboxylic acids is 3. The van der Waals surface area contributed by atoms with E-state index in [0.29, 0.717) is 25.8 Å². The SMILES string of the molecule is CCC(C)C(NC(=O)C(N)C(C)O)C(=O)NC(CCCCN)C(=O)NC(C)C(=O)O. The number of unbranched alkanes of at least 4 members (excludes halogenated alkanes) is 1. The van der Waals surface area contributed by atoms with Crippen LogP contribution in [-0.2, 0) is 19.2 Å². The quantitative estimate of drug-likeness (QED) is 0.160. The molecule has 9 N–H and O–H groups in total. The zero-order chi connectivity index (χ0) is 23.4. The summed E-state index contributed by atoms with van der Waals surface area (Å²) in [7, 11) is 0. The molecule has 3 amide bonds. The van der Waals surface area contributed by atoms with E-state index in [1.54, 1.807) is 6.92 Å². The summed E-state index contributed by atoms with van der Waals surface area (Å²) in [5.41, 5.74) is 11.1. The predicted molar refractivity (Wildman–Crippen MR) is 111 cm³/mol. The summed E-state index contributed by atoms with van der Waals surface area (Å²) in [5.74, 6) is -3.39. The Kier molecular flexibility index (Phi) is 12.8. The molecular formula is C19H37N5O6. The maximum atomic E-state index is 12.9. The number of hydrogen-bond acceptors (Lipinski definition) is 7. The highest BCUT2D eigenvalue weighted by molar-refractivity contribution is 5.94. The van der Waals surface area contributed by atoms with E-state index in [-0.39, 0.29) is 12.3 Å². The van der Waals surface area contributed by atoms with Crippen LogP contribution in [-0.4, -0.2) is 70.7 Å². The maximum Gasteiger partial charge on any atom is 0.325 e. The molecule has 0 heterocycles. The van der Waals surface area contributed by atoms with E-state index in [1.807, 2.05) is 6.92 Å². The molecule has 0 aromatic rings. The van der Waals surface area contributed by atoms with Crippen LogP contribution >= 0.6 is 0 Å². The fraction of sp³-hybridized carbons (Fsp3) is 0.789. The van der Waals surface area contributed by atoms with Gasteiger partial charge in [0.25, 0.3) is 0 Å². The number of hydrogen-bond donors (Lipinski definition) is 7. The molecule has 0 radical (unpaired) electrons. The first-order valence-electron chi connectivity index (χ1n) is 10.2. The Morgan fingerprint density at radius 3 is 2.00 bits per heavy atom. The average molecular weight is 432 g/mol. The molecule has 11 nitrogen and oxygen atoms in total. The van der Waals surface area contributed by atoms with Gasteiger partial charge in [0.1, 0.15) is 24.2 Å². The van der Waals surface area contributed by atoms with Gasteiger partial charge in [0.2, 0.25) is 17.7 Å². The number of carboxylic acids is 1. The number of aliphatic hydroxyl groups excluding tert-OH is 1. The second-order valence-corrected chi connectivity index (χ2v) is 7.55. The second-order valence-electron chi connectivity index (χ2n) is 7.55. The van der Waals surface area contributed by atoms with Crippen LogP contribution in [0.3, 0.4) is 0 Å². The molecule has 30 heavy (non-hydrogen) atoms. The summed E-state index contributed by atoms with van der Waals surface area (Å²) in [5, 5.41) is 26.0. The molecule has 174 valence electrons. The molecule has 11 heteroatoms. The molecular weight excluding hydrogens is 394 g/mol. The summed E-state index contributed by atoms with van der Waals surface area (Å²) in [6, 6.07) is -4.29. The fourth-order valence-electron chi connectivity index (χ4n) is 2.57. The van der Waals surface area contributed by atoms with Crippen molar-refractivity contribution in [3.05, 3.63) is 0 Å². The van der Waals surface area contributed by atoms with Crippen molar-refractivity contribution in [1.82, 2.24) is 16.0 Å². The summed E-state index contributed by atoms with van der Waals surface area (Å²) < 4.78 is 0. The molecule has 6 unspecified atom stereocenters. The molecule has 0 fully saturated rings. The van der Waals surface area contributed by atoms with Gasteiger partial charge in [-0.05, 0) is 45.6 Å². The molecule has 0 aliphatic heterocycles. The standard InChI is InChI=1S/C19H37N5O6/c1-5-10(2)15(24-17(27)14(21)12(4)25)18(28)23-13(8-6-7-9-20)16(26)22-11(3)19(29)30/h10-15,25H,5-9,20-21H2,1-4H3,(H,22,26)(H,23,28)(H,24,27)(H,29,30). The van der Waals surface area contributed by atoms with E-state index in [0.717, 1.165) is 0 Å². The van der Waals surface area contributed by atoms with E-state index in [1.165, 1.54) is 13.8 Å². The molecule has 0 saturated heterocycles. The Balaban J connectivity index is 5.40. The topological polar surface area (TPSA) is 197 Å². The molecule has 0 saturated carbocycles. The van der Waals surface area contributed by atoms with Crippen molar-refractivity contribution >= 4 is 23.7 Å². The van der Waals surface area contributed by atoms with Crippen molar-refractivity contribution in [2.45, 2.75) is 83.6 Å². The number of aliphatic hydroxyl groups is 1. The van der Waals surface area contributed by atoms with Crippen LogP contribution in [0, 0.1) is 5.92 Å². The molecule has 0 aromatic carbocycles. The molecule has 0 spiro atoms. The summed E-state index contributed by atoms with van der Waals surface area (Å²) in [6.07, 6.45) is 0.891. The third kappa shape index (κ3) is 9.51. The summed E-state index contributed by atoms with van der Waals surface area (Å²) >= 11 is 0. The maximum absolute atomic E-state index is 12.9. The average Bonchev–Trinajstić information content (AvgIpc) is 2.69. The van der Waals surface area contributed by atoms with Crippen LogP contribution in [0.1, 0.15) is 53.4 Å². The molecule has 0 aliphatic carbocycles. The van der Waals surface area contributed by atoms with Crippen molar-refractivity contribution in [2.24, 2.45) is 17.4 Å². The van der Waals surface area contributed by atoms with E-state index >= 15 is 0 Å². The number of rotatable bonds is 14. The van der Waals surface area contributed by atoms with Crippen LogP contribution in [0.15, 0.2) is 0 Å². The first-order valence-corrected chi connectivity index (χ1v) is 10.2. The molecule has 0 rings (SSSR count). The normalized spacial score (nSPS) is 17.0. The third-order valence-corrected chi connectivity index (χ3v) is 4.92. The third-order valence-electron chi connectivity index (χ3n) is 4.92. The van der Waals surface area contributed by atoms with E-state index in [2.05, 4.69) is 16.0 Å². The highest BCUT2D eigenvalue weighted by Gasteiger charge is 2.32. The van der Waals surface area contributed by atoms with Gasteiger partial charge in [0.05, 0.1) is 6.10 Å². The zero-order valence-corrected chi connectivity index (χ0v) is 18.2. The van der Waals surface area contributed by atoms with Crippen molar-refractivity contribution in [3.63, 3.8) is 0 Å². The van der Waals surface area contributed by atoms with Crippen molar-refractivity contribution < 1.29 is 29.4 Å². The van der Waals surface area contributed by atoms with E-state index in [4.69, 9.17) is 16.6 Å². The van der Waals surface area contributed by atoms with Gasteiger partial charge in [0, 0.05) is 0 Å². The minimum Gasteiger partial charge on any atom is -0.480 e. The van der Waals surface area contributed by atoms with Gasteiger partial charge >= 0.3 is 5.97 Å². The highest BCUT2D eigenvalue weighted by atomic mass is 16.4. The highest BCUT2D eigenvalue weighted by Crippen LogP contribution is 2.10. The summed E-state index contributed by atoms with van der Waals surface area (Å²) in [4.78, 5) is 48.7. The number of carboxylic acid groups (broad SMARTS) is 1. The summed E-state index contributed by atoms with van der Waals surface area (Å²) in [6.45, 7) is 6.69. The number of amides is 3. The lowest BCUT2D eigenvalue weighted by Crippen LogP contribution is -2.59. The number of nitrogens with one attached hydrogen (secondary N) is 3. The van der Waals surface area contributed by atoms with Crippen LogP contribution in [0.5, 0.6) is 0 Å². The van der Waals surface area contributed by atoms with Gasteiger partial charge in [-0.15, -0.1) is 0 Å². The number of aliphatic carboxylic acids is 1.